The zero-order valence-corrected chi connectivity index (χ0v) is 13.7. The summed E-state index contributed by atoms with van der Waals surface area (Å²) >= 11 is 0. The second kappa shape index (κ2) is 6.99. The summed E-state index contributed by atoms with van der Waals surface area (Å²) in [5, 5.41) is 10.5. The second-order valence-electron chi connectivity index (χ2n) is 5.72. The van der Waals surface area contributed by atoms with Gasteiger partial charge in [0.15, 0.2) is 0 Å². The van der Waals surface area contributed by atoms with Crippen molar-refractivity contribution in [3.63, 3.8) is 0 Å². The first-order valence-electron chi connectivity index (χ1n) is 6.89. The van der Waals surface area contributed by atoms with Gasteiger partial charge in [-0.2, -0.15) is 9.98 Å². The molecule has 1 atom stereocenters. The highest BCUT2D eigenvalue weighted by molar-refractivity contribution is 5.68. The van der Waals surface area contributed by atoms with Crippen LogP contribution in [0.3, 0.4) is 0 Å². The molecule has 5 nitrogen and oxygen atoms in total. The van der Waals surface area contributed by atoms with Gasteiger partial charge in [-0.25, -0.2) is 9.59 Å². The summed E-state index contributed by atoms with van der Waals surface area (Å²) in [6.45, 7) is 11.3. The Morgan fingerprint density at radius 2 is 1.45 bits per heavy atom. The van der Waals surface area contributed by atoms with E-state index in [1.54, 1.807) is 0 Å². The molecule has 5 heteroatoms. The van der Waals surface area contributed by atoms with Gasteiger partial charge >= 0.3 is 0 Å². The molecule has 0 bridgehead atoms. The number of rotatable bonds is 2. The summed E-state index contributed by atoms with van der Waals surface area (Å²) in [6.07, 6.45) is 2.93. The predicted octanol–water partition coefficient (Wildman–Crippen LogP) is 3.82. The summed E-state index contributed by atoms with van der Waals surface area (Å²) in [5.74, 6) is -0.145. The summed E-state index contributed by atoms with van der Waals surface area (Å²) in [6, 6.07) is -0.850. The largest absolute Gasteiger partial charge is 0.505 e. The first-order valence-corrected chi connectivity index (χ1v) is 6.89. The van der Waals surface area contributed by atoms with E-state index in [4.69, 9.17) is 0 Å². The summed E-state index contributed by atoms with van der Waals surface area (Å²) in [7, 11) is 0. The zero-order chi connectivity index (χ0) is 17.0. The van der Waals surface area contributed by atoms with Gasteiger partial charge in [-0.3, -0.25) is 0 Å². The normalized spacial score (nSPS) is 17.7. The molecule has 1 N–H and O–H groups in total. The van der Waals surface area contributed by atoms with Crippen LogP contribution < -0.4 is 0 Å². The van der Waals surface area contributed by atoms with Gasteiger partial charge in [0.05, 0.1) is 0 Å². The second-order valence-corrected chi connectivity index (χ2v) is 5.72. The molecule has 0 amide bonds. The molecule has 1 aliphatic carbocycles. The zero-order valence-electron chi connectivity index (χ0n) is 13.7. The van der Waals surface area contributed by atoms with Crippen LogP contribution in [-0.4, -0.2) is 23.3 Å². The number of carbonyl (C=O) groups excluding carboxylic acids is 2. The highest BCUT2D eigenvalue weighted by atomic mass is 16.3. The van der Waals surface area contributed by atoms with Crippen molar-refractivity contribution in [1.29, 1.82) is 0 Å². The van der Waals surface area contributed by atoms with E-state index >= 15 is 0 Å². The molecule has 0 saturated heterocycles. The van der Waals surface area contributed by atoms with Crippen LogP contribution in [0.4, 0.5) is 0 Å². The van der Waals surface area contributed by atoms with E-state index in [1.165, 1.54) is 12.2 Å². The van der Waals surface area contributed by atoms with Crippen molar-refractivity contribution in [2.45, 2.75) is 47.6 Å². The lowest BCUT2D eigenvalue weighted by Crippen LogP contribution is -2.24. The van der Waals surface area contributed by atoms with Gasteiger partial charge in [0, 0.05) is 5.57 Å². The van der Waals surface area contributed by atoms with Crippen molar-refractivity contribution < 1.29 is 14.7 Å². The van der Waals surface area contributed by atoms with Crippen LogP contribution in [0.15, 0.2) is 54.9 Å². The van der Waals surface area contributed by atoms with Gasteiger partial charge < -0.3 is 5.11 Å². The smallest absolute Gasteiger partial charge is 0.240 e. The van der Waals surface area contributed by atoms with Crippen LogP contribution in [0, 0.1) is 0 Å². The Morgan fingerprint density at radius 3 is 1.82 bits per heavy atom. The lowest BCUT2D eigenvalue weighted by atomic mass is 9.78. The van der Waals surface area contributed by atoms with Crippen molar-refractivity contribution in [2.75, 3.05) is 0 Å². The molecule has 0 heterocycles. The molecule has 1 rings (SSSR count). The van der Waals surface area contributed by atoms with Gasteiger partial charge in [-0.05, 0) is 52.7 Å². The van der Waals surface area contributed by atoms with Gasteiger partial charge in [0.1, 0.15) is 17.5 Å². The Hall–Kier alpha value is -2.48. The molecule has 0 aromatic heterocycles. The fourth-order valence-corrected chi connectivity index (χ4v) is 2.66. The lowest BCUT2D eigenvalue weighted by molar-refractivity contribution is 0.407. The van der Waals surface area contributed by atoms with Crippen molar-refractivity contribution >= 4 is 12.2 Å². The van der Waals surface area contributed by atoms with E-state index in [1.807, 2.05) is 41.5 Å². The maximum Gasteiger partial charge on any atom is 0.240 e. The van der Waals surface area contributed by atoms with Crippen LogP contribution in [-0.2, 0) is 9.59 Å². The molecule has 0 aromatic carbocycles. The Kier molecular flexibility index (Phi) is 5.58. The third kappa shape index (κ3) is 3.06. The number of aliphatic hydroxyl groups is 1. The molecule has 1 aliphatic rings. The van der Waals surface area contributed by atoms with Crippen molar-refractivity contribution in [3.8, 4) is 0 Å². The molecular weight excluding hydrogens is 280 g/mol. The van der Waals surface area contributed by atoms with Crippen molar-refractivity contribution in [1.82, 2.24) is 0 Å². The molecule has 0 spiro atoms. The fourth-order valence-electron chi connectivity index (χ4n) is 2.66. The topological polar surface area (TPSA) is 79.1 Å². The van der Waals surface area contributed by atoms with Gasteiger partial charge in [0.2, 0.25) is 12.2 Å². The van der Waals surface area contributed by atoms with Crippen LogP contribution in [0.5, 0.6) is 0 Å². The lowest BCUT2D eigenvalue weighted by Gasteiger charge is -2.30. The van der Waals surface area contributed by atoms with Gasteiger partial charge in [0.25, 0.3) is 0 Å². The molecule has 0 fully saturated rings. The number of hydrogen-bond donors (Lipinski definition) is 1. The summed E-state index contributed by atoms with van der Waals surface area (Å²) in [5.41, 5.74) is 4.99. The molecule has 0 radical (unpaired) electrons. The van der Waals surface area contributed by atoms with E-state index in [0.717, 1.165) is 27.9 Å². The minimum absolute atomic E-state index is 0.0238. The third-order valence-electron chi connectivity index (χ3n) is 3.42. The summed E-state index contributed by atoms with van der Waals surface area (Å²) < 4.78 is 0. The Labute approximate surface area is 130 Å². The quantitative estimate of drug-likeness (QED) is 0.622. The van der Waals surface area contributed by atoms with Crippen LogP contribution >= 0.6 is 0 Å². The molecule has 1 unspecified atom stereocenters. The Morgan fingerprint density at radius 1 is 0.909 bits per heavy atom. The van der Waals surface area contributed by atoms with E-state index in [9.17, 15) is 14.7 Å². The van der Waals surface area contributed by atoms with Crippen molar-refractivity contribution in [2.24, 2.45) is 9.98 Å². The molecule has 0 aliphatic heterocycles. The maximum absolute atomic E-state index is 10.8. The predicted molar refractivity (Wildman–Crippen MR) is 84.8 cm³/mol. The number of nitrogens with zero attached hydrogens (tertiary/aromatic N) is 2. The molecule has 0 aromatic rings. The van der Waals surface area contributed by atoms with E-state index in [-0.39, 0.29) is 11.5 Å². The van der Waals surface area contributed by atoms with E-state index in [0.29, 0.717) is 5.57 Å². The molecule has 22 heavy (non-hydrogen) atoms. The number of aliphatic hydroxyl groups excluding tert-OH is 1. The minimum atomic E-state index is -0.850. The highest BCUT2D eigenvalue weighted by Gasteiger charge is 2.35. The Bertz CT molecular complexity index is 711. The van der Waals surface area contributed by atoms with Gasteiger partial charge in [-0.1, -0.05) is 16.7 Å². The van der Waals surface area contributed by atoms with Gasteiger partial charge in [-0.15, -0.1) is 0 Å². The average Bonchev–Trinajstić information content (AvgIpc) is 2.41. The standard InChI is InChI=1S/C17H20N2O3/c1-9(2)12-13(10(3)4)15(18-7-20)16(19-8-21)17(22)14(12)11(5)6/h15,22H,1-6H3. The average molecular weight is 300 g/mol. The number of allylic oxidation sites excluding steroid dienone is 4. The van der Waals surface area contributed by atoms with Crippen LogP contribution in [0.2, 0.25) is 0 Å². The van der Waals surface area contributed by atoms with E-state index in [2.05, 4.69) is 9.98 Å². The SMILES string of the molecule is CC(C)=C1C(O)=C(N=C=O)C(N=C=O)C(=C(C)C)C1=C(C)C. The molecular formula is C17H20N2O3. The third-order valence-corrected chi connectivity index (χ3v) is 3.42. The fraction of sp³-hybridized carbons (Fsp3) is 0.412. The maximum atomic E-state index is 10.8. The molecule has 0 saturated carbocycles. The van der Waals surface area contributed by atoms with Crippen LogP contribution in [0.25, 0.3) is 0 Å². The monoisotopic (exact) mass is 300 g/mol. The molecule has 116 valence electrons. The minimum Gasteiger partial charge on any atom is -0.505 e. The number of isocyanates is 2. The number of aliphatic imine (C=N–C) groups is 2. The first kappa shape index (κ1) is 17.6. The highest BCUT2D eigenvalue weighted by Crippen LogP contribution is 2.43. The number of hydrogen-bond acceptors (Lipinski definition) is 5. The van der Waals surface area contributed by atoms with Crippen LogP contribution in [0.1, 0.15) is 41.5 Å². The van der Waals surface area contributed by atoms with Crippen molar-refractivity contribution in [3.05, 3.63) is 44.9 Å². The Balaban J connectivity index is 4.07. The first-order chi connectivity index (χ1) is 10.3. The summed E-state index contributed by atoms with van der Waals surface area (Å²) in [4.78, 5) is 28.9. The van der Waals surface area contributed by atoms with E-state index < -0.39 is 6.04 Å².